The molecule has 3 aromatic rings. The molecule has 176 valence electrons. The second kappa shape index (κ2) is 12.4. The standard InChI is InChI=1S/C23H27N3O5S2/c1-3-31-20(28)15-33-23-25-18-12-14-32-21(18)22(29)26(23)13-6-4-5-7-19(27)24-16-8-10-17(30-2)11-9-16/h8-12,14H,3-7,13,15H2,1-2H3,(H,24,27). The van der Waals surface area contributed by atoms with Gasteiger partial charge in [0.25, 0.3) is 5.56 Å². The number of hydrogen-bond acceptors (Lipinski definition) is 8. The lowest BCUT2D eigenvalue weighted by molar-refractivity contribution is -0.139. The number of benzene rings is 1. The largest absolute Gasteiger partial charge is 0.497 e. The second-order valence-corrected chi connectivity index (χ2v) is 9.03. The van der Waals surface area contributed by atoms with E-state index in [9.17, 15) is 14.4 Å². The van der Waals surface area contributed by atoms with Crippen molar-refractivity contribution in [3.8, 4) is 5.75 Å². The molecular weight excluding hydrogens is 462 g/mol. The fraction of sp³-hybridized carbons (Fsp3) is 0.391. The lowest BCUT2D eigenvalue weighted by atomic mass is 10.2. The first kappa shape index (κ1) is 24.8. The third-order valence-electron chi connectivity index (χ3n) is 4.81. The number of rotatable bonds is 12. The third kappa shape index (κ3) is 7.06. The molecule has 0 aliphatic rings. The number of carbonyl (C=O) groups is 2. The van der Waals surface area contributed by atoms with Gasteiger partial charge in [-0.2, -0.15) is 0 Å². The predicted octanol–water partition coefficient (Wildman–Crippen LogP) is 4.32. The molecule has 0 saturated carbocycles. The number of unbranched alkanes of at least 4 members (excludes halogenated alkanes) is 2. The van der Waals surface area contributed by atoms with Gasteiger partial charge in [-0.1, -0.05) is 18.2 Å². The molecule has 2 heterocycles. The molecule has 0 aliphatic heterocycles. The Balaban J connectivity index is 1.52. The van der Waals surface area contributed by atoms with E-state index in [0.29, 0.717) is 41.4 Å². The molecular formula is C23H27N3O5S2. The predicted molar refractivity (Wildman–Crippen MR) is 131 cm³/mol. The fourth-order valence-electron chi connectivity index (χ4n) is 3.19. The zero-order chi connectivity index (χ0) is 23.6. The van der Waals surface area contributed by atoms with E-state index in [2.05, 4.69) is 10.3 Å². The van der Waals surface area contributed by atoms with Gasteiger partial charge in [-0.3, -0.25) is 19.0 Å². The maximum absolute atomic E-state index is 12.9. The average Bonchev–Trinajstić information content (AvgIpc) is 3.28. The van der Waals surface area contributed by atoms with Gasteiger partial charge in [-0.05, 0) is 55.5 Å². The molecule has 0 fully saturated rings. The zero-order valence-corrected chi connectivity index (χ0v) is 20.3. The molecule has 0 bridgehead atoms. The van der Waals surface area contributed by atoms with Crippen LogP contribution in [0.3, 0.4) is 0 Å². The summed E-state index contributed by atoms with van der Waals surface area (Å²) in [5, 5.41) is 5.22. The van der Waals surface area contributed by atoms with Gasteiger partial charge < -0.3 is 14.8 Å². The molecule has 0 saturated heterocycles. The van der Waals surface area contributed by atoms with Crippen LogP contribution >= 0.6 is 23.1 Å². The van der Waals surface area contributed by atoms with Crippen molar-refractivity contribution >= 4 is 50.9 Å². The monoisotopic (exact) mass is 489 g/mol. The van der Waals surface area contributed by atoms with Crippen LogP contribution in [0.15, 0.2) is 45.7 Å². The average molecular weight is 490 g/mol. The maximum atomic E-state index is 12.9. The van der Waals surface area contributed by atoms with E-state index in [0.717, 1.165) is 24.3 Å². The number of esters is 1. The van der Waals surface area contributed by atoms with Crippen LogP contribution in [0.4, 0.5) is 5.69 Å². The van der Waals surface area contributed by atoms with Gasteiger partial charge in [-0.15, -0.1) is 11.3 Å². The minimum absolute atomic E-state index is 0.0512. The molecule has 1 aromatic carbocycles. The van der Waals surface area contributed by atoms with Crippen LogP contribution in [0.25, 0.3) is 10.2 Å². The van der Waals surface area contributed by atoms with E-state index >= 15 is 0 Å². The van der Waals surface area contributed by atoms with Gasteiger partial charge in [0.15, 0.2) is 5.16 Å². The molecule has 0 atom stereocenters. The number of thioether (sulfide) groups is 1. The summed E-state index contributed by atoms with van der Waals surface area (Å²) in [4.78, 5) is 41.4. The molecule has 0 aliphatic carbocycles. The lowest BCUT2D eigenvalue weighted by Gasteiger charge is -2.12. The normalized spacial score (nSPS) is 10.8. The molecule has 0 spiro atoms. The number of anilines is 1. The molecule has 1 amide bonds. The highest BCUT2D eigenvalue weighted by Gasteiger charge is 2.14. The van der Waals surface area contributed by atoms with Gasteiger partial charge >= 0.3 is 5.97 Å². The van der Waals surface area contributed by atoms with Crippen molar-refractivity contribution in [2.75, 3.05) is 24.8 Å². The van der Waals surface area contributed by atoms with Gasteiger partial charge in [0.05, 0.1) is 25.0 Å². The van der Waals surface area contributed by atoms with Crippen LogP contribution in [-0.4, -0.2) is 40.9 Å². The number of fused-ring (bicyclic) bond motifs is 1. The number of aromatic nitrogens is 2. The highest BCUT2D eigenvalue weighted by atomic mass is 32.2. The summed E-state index contributed by atoms with van der Waals surface area (Å²) >= 11 is 2.57. The number of methoxy groups -OCH3 is 1. The van der Waals surface area contributed by atoms with E-state index < -0.39 is 0 Å². The number of hydrogen-bond donors (Lipinski definition) is 1. The summed E-state index contributed by atoms with van der Waals surface area (Å²) in [7, 11) is 1.60. The highest BCUT2D eigenvalue weighted by molar-refractivity contribution is 7.99. The van der Waals surface area contributed by atoms with E-state index in [1.807, 2.05) is 11.4 Å². The fourth-order valence-corrected chi connectivity index (χ4v) is 4.79. The van der Waals surface area contributed by atoms with Gasteiger partial charge in [0, 0.05) is 18.7 Å². The number of nitrogens with zero attached hydrogens (tertiary/aromatic N) is 2. The summed E-state index contributed by atoms with van der Waals surface area (Å²) in [5.41, 5.74) is 1.27. The Morgan fingerprint density at radius 1 is 1.15 bits per heavy atom. The van der Waals surface area contributed by atoms with Gasteiger partial charge in [-0.25, -0.2) is 4.98 Å². The summed E-state index contributed by atoms with van der Waals surface area (Å²) in [6.07, 6.45) is 2.61. The Hall–Kier alpha value is -2.85. The number of thiophene rings is 1. The van der Waals surface area contributed by atoms with Gasteiger partial charge in [0.1, 0.15) is 10.4 Å². The molecule has 33 heavy (non-hydrogen) atoms. The maximum Gasteiger partial charge on any atom is 0.316 e. The topological polar surface area (TPSA) is 99.5 Å². The SMILES string of the molecule is CCOC(=O)CSc1nc2ccsc2c(=O)n1CCCCCC(=O)Nc1ccc(OC)cc1. The summed E-state index contributed by atoms with van der Waals surface area (Å²) < 4.78 is 12.3. The molecule has 8 nitrogen and oxygen atoms in total. The Labute approximate surface area is 200 Å². The van der Waals surface area contributed by atoms with E-state index in [4.69, 9.17) is 9.47 Å². The number of amides is 1. The summed E-state index contributed by atoms with van der Waals surface area (Å²) in [6, 6.07) is 8.99. The number of nitrogens with one attached hydrogen (secondary N) is 1. The molecule has 2 aromatic heterocycles. The van der Waals surface area contributed by atoms with Crippen LogP contribution in [-0.2, 0) is 20.9 Å². The lowest BCUT2D eigenvalue weighted by Crippen LogP contribution is -2.23. The Kier molecular flexibility index (Phi) is 9.32. The second-order valence-electron chi connectivity index (χ2n) is 7.17. The molecule has 10 heteroatoms. The summed E-state index contributed by atoms with van der Waals surface area (Å²) in [6.45, 7) is 2.55. The van der Waals surface area contributed by atoms with Crippen molar-refractivity contribution in [3.63, 3.8) is 0 Å². The minimum atomic E-state index is -0.336. The Morgan fingerprint density at radius 3 is 2.67 bits per heavy atom. The van der Waals surface area contributed by atoms with E-state index in [1.165, 1.54) is 23.1 Å². The van der Waals surface area contributed by atoms with Crippen LogP contribution in [0, 0.1) is 0 Å². The number of carbonyl (C=O) groups excluding carboxylic acids is 2. The van der Waals surface area contributed by atoms with Crippen molar-refractivity contribution in [3.05, 3.63) is 46.1 Å². The van der Waals surface area contributed by atoms with Crippen LogP contribution in [0.2, 0.25) is 0 Å². The first-order chi connectivity index (χ1) is 16.0. The Morgan fingerprint density at radius 2 is 1.94 bits per heavy atom. The molecule has 0 radical (unpaired) electrons. The summed E-state index contributed by atoms with van der Waals surface area (Å²) in [5.74, 6) is 0.445. The molecule has 1 N–H and O–H groups in total. The van der Waals surface area contributed by atoms with Crippen LogP contribution in [0.1, 0.15) is 32.6 Å². The first-order valence-electron chi connectivity index (χ1n) is 10.7. The van der Waals surface area contributed by atoms with Crippen LogP contribution < -0.4 is 15.6 Å². The zero-order valence-electron chi connectivity index (χ0n) is 18.7. The van der Waals surface area contributed by atoms with Crippen molar-refractivity contribution in [2.45, 2.75) is 44.3 Å². The van der Waals surface area contributed by atoms with Gasteiger partial charge in [0.2, 0.25) is 5.91 Å². The van der Waals surface area contributed by atoms with E-state index in [-0.39, 0.29) is 23.2 Å². The van der Waals surface area contributed by atoms with Crippen molar-refractivity contribution in [2.24, 2.45) is 0 Å². The van der Waals surface area contributed by atoms with Crippen molar-refractivity contribution in [1.82, 2.24) is 9.55 Å². The molecule has 3 rings (SSSR count). The Bertz CT molecular complexity index is 1140. The van der Waals surface area contributed by atoms with Crippen LogP contribution in [0.5, 0.6) is 5.75 Å². The quantitative estimate of drug-likeness (QED) is 0.175. The smallest absolute Gasteiger partial charge is 0.316 e. The first-order valence-corrected chi connectivity index (χ1v) is 12.6. The highest BCUT2D eigenvalue weighted by Crippen LogP contribution is 2.22. The molecule has 0 unspecified atom stereocenters. The van der Waals surface area contributed by atoms with E-state index in [1.54, 1.807) is 42.9 Å². The third-order valence-corrected chi connectivity index (χ3v) is 6.66. The van der Waals surface area contributed by atoms with Crippen molar-refractivity contribution < 1.29 is 19.1 Å². The number of ether oxygens (including phenoxy) is 2. The van der Waals surface area contributed by atoms with Crippen molar-refractivity contribution in [1.29, 1.82) is 0 Å². The minimum Gasteiger partial charge on any atom is -0.497 e.